The second-order valence-corrected chi connectivity index (χ2v) is 11.3. The van der Waals surface area contributed by atoms with Crippen molar-refractivity contribution in [3.05, 3.63) is 203 Å². The van der Waals surface area contributed by atoms with Crippen LogP contribution in [0.1, 0.15) is 76.8 Å². The number of carbonyl (C=O) groups is 4. The molecule has 0 aliphatic heterocycles. The van der Waals surface area contributed by atoms with Crippen LogP contribution in [0.15, 0.2) is 158 Å². The first-order valence-electron chi connectivity index (χ1n) is 17.0. The summed E-state index contributed by atoms with van der Waals surface area (Å²) < 4.78 is 0. The molecule has 56 heavy (non-hydrogen) atoms. The molecular weight excluding hydrogens is 812 g/mol. The minimum Gasteiger partial charge on any atom is -0.854 e. The fourth-order valence-corrected chi connectivity index (χ4v) is 4.81. The molecular formula is C44H38Cu2N2O8. The Morgan fingerprint density at radius 3 is 1.00 bits per heavy atom. The Morgan fingerprint density at radius 1 is 0.411 bits per heavy atom. The number of pyridine rings is 2. The molecule has 0 fully saturated rings. The maximum absolute atomic E-state index is 12.1. The zero-order chi connectivity index (χ0) is 39.0. The molecule has 6 aromatic rings. The Hall–Kier alpha value is -5.58. The van der Waals surface area contributed by atoms with E-state index >= 15 is 0 Å². The number of benzene rings is 4. The van der Waals surface area contributed by atoms with Crippen molar-refractivity contribution in [3.63, 3.8) is 0 Å². The zero-order valence-electron chi connectivity index (χ0n) is 30.0. The van der Waals surface area contributed by atoms with E-state index in [9.17, 15) is 39.6 Å². The molecule has 0 aliphatic rings. The molecule has 4 aromatic carbocycles. The van der Waals surface area contributed by atoms with Gasteiger partial charge in [-0.2, -0.15) is 0 Å². The topological polar surface area (TPSA) is 186 Å². The third-order valence-electron chi connectivity index (χ3n) is 7.46. The van der Waals surface area contributed by atoms with Crippen molar-refractivity contribution in [1.29, 1.82) is 0 Å². The molecule has 0 spiro atoms. The van der Waals surface area contributed by atoms with Gasteiger partial charge in [0.2, 0.25) is 0 Å². The van der Waals surface area contributed by atoms with Gasteiger partial charge < -0.3 is 30.0 Å². The molecule has 0 saturated carbocycles. The molecule has 0 aliphatic carbocycles. The van der Waals surface area contributed by atoms with Crippen LogP contribution in [0, 0.1) is 0 Å². The van der Waals surface area contributed by atoms with E-state index in [2.05, 4.69) is 9.97 Å². The number of ketones is 2. The van der Waals surface area contributed by atoms with E-state index < -0.39 is 11.9 Å². The van der Waals surface area contributed by atoms with Gasteiger partial charge in [0.15, 0.2) is 11.6 Å². The van der Waals surface area contributed by atoms with Crippen LogP contribution in [0.2, 0.25) is 0 Å². The Balaban J connectivity index is 0.000000380. The quantitative estimate of drug-likeness (QED) is 0.131. The van der Waals surface area contributed by atoms with E-state index in [0.29, 0.717) is 24.0 Å². The number of hydrogen-bond donors (Lipinski definition) is 0. The monoisotopic (exact) mass is 848 g/mol. The molecule has 0 unspecified atom stereocenters. The Kier molecular flexibility index (Phi) is 24.1. The normalized spacial score (nSPS) is 9.46. The number of aromatic carboxylic acids is 2. The predicted octanol–water partition coefficient (Wildman–Crippen LogP) is 3.31. The first-order chi connectivity index (χ1) is 26.3. The maximum atomic E-state index is 12.1. The van der Waals surface area contributed by atoms with Gasteiger partial charge in [-0.25, -0.2) is 0 Å². The number of carboxylic acid groups (broad SMARTS) is 2. The summed E-state index contributed by atoms with van der Waals surface area (Å²) in [6.07, 6.45) is 6.50. The minimum absolute atomic E-state index is 0. The Morgan fingerprint density at radius 2 is 0.714 bits per heavy atom. The van der Waals surface area contributed by atoms with Gasteiger partial charge in [0.1, 0.15) is 0 Å². The third kappa shape index (κ3) is 16.8. The van der Waals surface area contributed by atoms with Crippen LogP contribution >= 0.6 is 0 Å². The molecule has 0 amide bonds. The maximum Gasteiger partial charge on any atom is 2.00 e. The summed E-state index contributed by atoms with van der Waals surface area (Å²) in [6, 6.07) is 40.7. The summed E-state index contributed by atoms with van der Waals surface area (Å²) in [5, 5.41) is 41.9. The van der Waals surface area contributed by atoms with Crippen molar-refractivity contribution in [3.8, 4) is 0 Å². The average Bonchev–Trinajstić information content (AvgIpc) is 3.23. The first-order valence-corrected chi connectivity index (χ1v) is 17.0. The molecule has 0 N–H and O–H groups in total. The van der Waals surface area contributed by atoms with Crippen molar-refractivity contribution >= 4 is 23.5 Å². The van der Waals surface area contributed by atoms with Crippen LogP contribution in [-0.4, -0.2) is 46.7 Å². The zero-order valence-corrected chi connectivity index (χ0v) is 31.9. The van der Waals surface area contributed by atoms with Gasteiger partial charge in [0.25, 0.3) is 0 Å². The van der Waals surface area contributed by atoms with E-state index in [4.69, 9.17) is 0 Å². The molecule has 0 bridgehead atoms. The molecule has 6 rings (SSSR count). The van der Waals surface area contributed by atoms with Crippen LogP contribution in [0.4, 0.5) is 0 Å². The summed E-state index contributed by atoms with van der Waals surface area (Å²) in [5.41, 5.74) is 3.08. The van der Waals surface area contributed by atoms with E-state index in [1.165, 1.54) is 24.3 Å². The summed E-state index contributed by atoms with van der Waals surface area (Å²) >= 11 is 0. The molecule has 294 valence electrons. The van der Waals surface area contributed by atoms with Gasteiger partial charge in [-0.15, -0.1) is 13.2 Å². The number of nitrogens with zero attached hydrogens (tertiary/aromatic N) is 2. The molecule has 0 atom stereocenters. The van der Waals surface area contributed by atoms with Crippen LogP contribution in [0.5, 0.6) is 0 Å². The number of hydrogen-bond acceptors (Lipinski definition) is 10. The predicted molar refractivity (Wildman–Crippen MR) is 196 cm³/mol. The van der Waals surface area contributed by atoms with Gasteiger partial charge >= 0.3 is 34.1 Å². The number of carbonyl (C=O) groups excluding carboxylic acids is 4. The standard InChI is InChI=1S/2C14H10O3.2C8H10NO.2Cu/c2*15-13(10-6-2-1-3-7-10)11-8-4-5-9-12(11)14(16)17;2*10-7-3-5-8-4-1-2-6-9-8;;/h2*1-9H,(H,16,17);2*1-2,4,6H,3,5,7H2;;/q;;2*-1;2*+2/p-2. The summed E-state index contributed by atoms with van der Waals surface area (Å²) in [5.74, 6) is -3.31. The minimum atomic E-state index is -1.34. The van der Waals surface area contributed by atoms with E-state index in [0.717, 1.165) is 24.2 Å². The number of aryl methyl sites for hydroxylation is 2. The largest absolute Gasteiger partial charge is 2.00 e. The molecule has 2 aromatic heterocycles. The first kappa shape index (κ1) is 48.4. The van der Waals surface area contributed by atoms with Crippen molar-refractivity contribution in [1.82, 2.24) is 9.97 Å². The van der Waals surface area contributed by atoms with Crippen molar-refractivity contribution < 1.29 is 73.7 Å². The van der Waals surface area contributed by atoms with Crippen LogP contribution in [0.3, 0.4) is 0 Å². The van der Waals surface area contributed by atoms with Gasteiger partial charge in [-0.1, -0.05) is 134 Å². The number of rotatable bonds is 12. The smallest absolute Gasteiger partial charge is 0.854 e. The van der Waals surface area contributed by atoms with Gasteiger partial charge in [0, 0.05) is 57.2 Å². The summed E-state index contributed by atoms with van der Waals surface area (Å²) in [6.45, 7) is -0.00680. The SMILES string of the molecule is O=C([O-])c1ccccc1C(=O)c1ccccc1.O=C([O-])c1ccccc1C(=O)c1ccccc1.[Cu+2].[Cu+2].[O-]CCCc1ccccn1.[O-]CCCc1ccccn1. The second-order valence-electron chi connectivity index (χ2n) is 11.3. The molecule has 0 saturated heterocycles. The summed E-state index contributed by atoms with van der Waals surface area (Å²) in [7, 11) is 0. The second kappa shape index (κ2) is 27.9. The number of aromatic nitrogens is 2. The molecule has 2 radical (unpaired) electrons. The molecule has 10 nitrogen and oxygen atoms in total. The van der Waals surface area contributed by atoms with Crippen molar-refractivity contribution in [2.24, 2.45) is 0 Å². The molecule has 2 heterocycles. The fourth-order valence-electron chi connectivity index (χ4n) is 4.81. The van der Waals surface area contributed by atoms with Gasteiger partial charge in [-0.3, -0.25) is 19.6 Å². The fraction of sp³-hybridized carbons (Fsp3) is 0.136. The summed E-state index contributed by atoms with van der Waals surface area (Å²) in [4.78, 5) is 54.1. The number of carboxylic acids is 2. The van der Waals surface area contributed by atoms with Gasteiger partial charge in [-0.05, 0) is 37.1 Å². The van der Waals surface area contributed by atoms with Crippen LogP contribution < -0.4 is 20.4 Å². The Bertz CT molecular complexity index is 1890. The van der Waals surface area contributed by atoms with E-state index in [1.807, 2.05) is 36.4 Å². The van der Waals surface area contributed by atoms with Crippen LogP contribution in [0.25, 0.3) is 0 Å². The van der Waals surface area contributed by atoms with Crippen molar-refractivity contribution in [2.45, 2.75) is 25.7 Å². The van der Waals surface area contributed by atoms with Crippen LogP contribution in [-0.2, 0) is 47.0 Å². The molecule has 12 heteroatoms. The Labute approximate surface area is 347 Å². The third-order valence-corrected chi connectivity index (χ3v) is 7.46. The van der Waals surface area contributed by atoms with E-state index in [1.54, 1.807) is 97.3 Å². The average molecular weight is 850 g/mol. The van der Waals surface area contributed by atoms with Gasteiger partial charge in [0.05, 0.1) is 11.9 Å². The van der Waals surface area contributed by atoms with Crippen molar-refractivity contribution in [2.75, 3.05) is 13.2 Å². The van der Waals surface area contributed by atoms with E-state index in [-0.39, 0.29) is 81.2 Å².